The first-order valence-corrected chi connectivity index (χ1v) is 10.2. The second-order valence-corrected chi connectivity index (χ2v) is 8.73. The molecule has 1 N–H and O–H groups in total. The molecule has 3 heterocycles. The van der Waals surface area contributed by atoms with Crippen molar-refractivity contribution in [3.8, 4) is 0 Å². The Balaban J connectivity index is 1.65. The van der Waals surface area contributed by atoms with E-state index in [2.05, 4.69) is 29.0 Å². The average Bonchev–Trinajstić information content (AvgIpc) is 3.41. The highest BCUT2D eigenvalue weighted by Crippen LogP contribution is 2.43. The van der Waals surface area contributed by atoms with Gasteiger partial charge in [0, 0.05) is 31.5 Å². The van der Waals surface area contributed by atoms with Crippen LogP contribution in [0, 0.1) is 17.8 Å². The van der Waals surface area contributed by atoms with Crippen LogP contribution in [0.3, 0.4) is 0 Å². The molecule has 0 unspecified atom stereocenters. The van der Waals surface area contributed by atoms with E-state index in [1.54, 1.807) is 0 Å². The molecule has 1 saturated carbocycles. The summed E-state index contributed by atoms with van der Waals surface area (Å²) in [6.45, 7) is 4.05. The minimum Gasteiger partial charge on any atom is -0.477 e. The molecule has 28 heavy (non-hydrogen) atoms. The average molecular weight is 400 g/mol. The van der Waals surface area contributed by atoms with Gasteiger partial charge in [0.15, 0.2) is 0 Å². The number of carboxylic acids is 1. The van der Waals surface area contributed by atoms with Crippen LogP contribution in [-0.2, 0) is 0 Å². The number of aromatic carboxylic acids is 1. The van der Waals surface area contributed by atoms with Crippen LogP contribution >= 0.6 is 11.6 Å². The molecule has 1 aliphatic heterocycles. The highest BCUT2D eigenvalue weighted by atomic mass is 35.5. The first-order valence-electron chi connectivity index (χ1n) is 9.84. The Morgan fingerprint density at radius 2 is 2.11 bits per heavy atom. The molecule has 0 aromatic carbocycles. The fourth-order valence-corrected chi connectivity index (χ4v) is 5.15. The minimum atomic E-state index is -1.22. The number of fused-ring (bicyclic) bond motifs is 2. The van der Waals surface area contributed by atoms with Crippen molar-refractivity contribution in [3.63, 3.8) is 0 Å². The summed E-state index contributed by atoms with van der Waals surface area (Å²) in [4.78, 5) is 30.9. The Labute approximate surface area is 167 Å². The summed E-state index contributed by atoms with van der Waals surface area (Å²) >= 11 is 6.81. The van der Waals surface area contributed by atoms with Crippen molar-refractivity contribution in [2.75, 3.05) is 18.0 Å². The van der Waals surface area contributed by atoms with E-state index < -0.39 is 11.4 Å². The quantitative estimate of drug-likeness (QED) is 0.796. The van der Waals surface area contributed by atoms with E-state index in [1.165, 1.54) is 12.4 Å². The number of carbonyl (C=O) groups is 1. The summed E-state index contributed by atoms with van der Waals surface area (Å²) in [5, 5.41) is 10.1. The number of anilines is 1. The molecule has 146 valence electrons. The Morgan fingerprint density at radius 1 is 1.32 bits per heavy atom. The summed E-state index contributed by atoms with van der Waals surface area (Å²) in [6.07, 6.45) is 10.6. The normalized spacial score (nSPS) is 26.6. The smallest absolute Gasteiger partial charge is 0.341 e. The van der Waals surface area contributed by atoms with Crippen LogP contribution in [-0.4, -0.2) is 33.7 Å². The largest absolute Gasteiger partial charge is 0.477 e. The van der Waals surface area contributed by atoms with Crippen molar-refractivity contribution >= 4 is 34.3 Å². The topological polar surface area (TPSA) is 75.4 Å². The summed E-state index contributed by atoms with van der Waals surface area (Å²) in [6, 6.07) is 0.193. The third kappa shape index (κ3) is 2.65. The van der Waals surface area contributed by atoms with E-state index in [0.717, 1.165) is 32.4 Å². The number of aromatic nitrogens is 2. The van der Waals surface area contributed by atoms with Gasteiger partial charge in [-0.15, -0.1) is 0 Å². The van der Waals surface area contributed by atoms with Gasteiger partial charge in [0.05, 0.1) is 10.9 Å². The zero-order valence-electron chi connectivity index (χ0n) is 15.6. The highest BCUT2D eigenvalue weighted by Gasteiger charge is 2.38. The van der Waals surface area contributed by atoms with Gasteiger partial charge in [0.1, 0.15) is 16.4 Å². The van der Waals surface area contributed by atoms with Crippen LogP contribution in [0.1, 0.15) is 42.6 Å². The van der Waals surface area contributed by atoms with Crippen molar-refractivity contribution in [1.82, 2.24) is 9.55 Å². The van der Waals surface area contributed by atoms with Crippen LogP contribution < -0.4 is 10.3 Å². The van der Waals surface area contributed by atoms with E-state index in [0.29, 0.717) is 34.1 Å². The molecule has 0 spiro atoms. The van der Waals surface area contributed by atoms with Crippen molar-refractivity contribution in [1.29, 1.82) is 0 Å². The molecule has 2 aromatic heterocycles. The van der Waals surface area contributed by atoms with Gasteiger partial charge in [-0.25, -0.2) is 9.78 Å². The molecule has 2 aliphatic carbocycles. The van der Waals surface area contributed by atoms with Gasteiger partial charge in [-0.2, -0.15) is 0 Å². The standard InChI is InChI=1S/C21H22ClN3O3/c1-11-3-2-4-12-8-24(9-15(11)12)20-17(22)18-14(7-23-20)19(26)16(21(27)28)10-25(18)13-5-6-13/h2,4,7,10-13,15H,3,5-6,8-9H2,1H3,(H,27,28)/t11-,12-,15+/m1/s1. The first kappa shape index (κ1) is 17.7. The van der Waals surface area contributed by atoms with Gasteiger partial charge in [0.2, 0.25) is 5.43 Å². The number of halogens is 1. The lowest BCUT2D eigenvalue weighted by molar-refractivity contribution is 0.0695. The molecule has 1 saturated heterocycles. The van der Waals surface area contributed by atoms with Crippen LogP contribution in [0.15, 0.2) is 29.3 Å². The van der Waals surface area contributed by atoms with Gasteiger partial charge in [-0.1, -0.05) is 30.7 Å². The second-order valence-electron chi connectivity index (χ2n) is 8.35. The van der Waals surface area contributed by atoms with E-state index in [-0.39, 0.29) is 17.0 Å². The van der Waals surface area contributed by atoms with Gasteiger partial charge in [-0.05, 0) is 37.0 Å². The number of hydrogen-bond acceptors (Lipinski definition) is 4. The lowest BCUT2D eigenvalue weighted by Gasteiger charge is -2.25. The number of pyridine rings is 2. The summed E-state index contributed by atoms with van der Waals surface area (Å²) in [7, 11) is 0. The van der Waals surface area contributed by atoms with E-state index in [1.807, 2.05) is 4.57 Å². The van der Waals surface area contributed by atoms with Crippen LogP contribution in [0.5, 0.6) is 0 Å². The predicted molar refractivity (Wildman–Crippen MR) is 108 cm³/mol. The van der Waals surface area contributed by atoms with Gasteiger partial charge in [-0.3, -0.25) is 4.79 Å². The summed E-state index contributed by atoms with van der Waals surface area (Å²) in [5.74, 6) is 1.19. The molecule has 2 fully saturated rings. The molecule has 5 rings (SSSR count). The molecule has 2 aromatic rings. The number of nitrogens with zero attached hydrogens (tertiary/aromatic N) is 3. The molecule has 3 aliphatic rings. The molecular weight excluding hydrogens is 378 g/mol. The Hall–Kier alpha value is -2.34. The van der Waals surface area contributed by atoms with Crippen molar-refractivity contribution in [3.05, 3.63) is 45.4 Å². The zero-order valence-corrected chi connectivity index (χ0v) is 16.4. The van der Waals surface area contributed by atoms with Crippen molar-refractivity contribution < 1.29 is 9.90 Å². The predicted octanol–water partition coefficient (Wildman–Crippen LogP) is 3.73. The number of hydrogen-bond donors (Lipinski definition) is 1. The molecule has 0 bridgehead atoms. The molecule has 6 nitrogen and oxygen atoms in total. The lowest BCUT2D eigenvalue weighted by atomic mass is 9.79. The van der Waals surface area contributed by atoms with E-state index >= 15 is 0 Å². The van der Waals surface area contributed by atoms with Gasteiger partial charge in [0.25, 0.3) is 0 Å². The maximum atomic E-state index is 12.7. The zero-order chi connectivity index (χ0) is 19.6. The van der Waals surface area contributed by atoms with Crippen LogP contribution in [0.2, 0.25) is 5.02 Å². The third-order valence-electron chi connectivity index (χ3n) is 6.50. The van der Waals surface area contributed by atoms with Crippen LogP contribution in [0.4, 0.5) is 5.82 Å². The maximum Gasteiger partial charge on any atom is 0.341 e. The van der Waals surface area contributed by atoms with Gasteiger partial charge < -0.3 is 14.6 Å². The minimum absolute atomic E-state index is 0.193. The Bertz CT molecular complexity index is 1070. The fourth-order valence-electron chi connectivity index (χ4n) is 4.78. The third-order valence-corrected chi connectivity index (χ3v) is 6.84. The molecule has 7 heteroatoms. The van der Waals surface area contributed by atoms with Crippen molar-refractivity contribution in [2.24, 2.45) is 17.8 Å². The second kappa shape index (κ2) is 6.34. The first-order chi connectivity index (χ1) is 13.5. The number of carboxylic acid groups (broad SMARTS) is 1. The lowest BCUT2D eigenvalue weighted by Crippen LogP contribution is -2.24. The maximum absolute atomic E-state index is 12.7. The SMILES string of the molecule is C[C@@H]1CC=C[C@@H]2CN(c3ncc4c(=O)c(C(=O)O)cn(C5CC5)c4c3Cl)C[C@@H]12. The molecule has 0 radical (unpaired) electrons. The van der Waals surface area contributed by atoms with E-state index in [4.69, 9.17) is 11.6 Å². The number of allylic oxidation sites excluding steroid dienone is 1. The Morgan fingerprint density at radius 3 is 2.79 bits per heavy atom. The summed E-state index contributed by atoms with van der Waals surface area (Å²) < 4.78 is 1.87. The van der Waals surface area contributed by atoms with Crippen LogP contribution in [0.25, 0.3) is 10.9 Å². The van der Waals surface area contributed by atoms with Gasteiger partial charge >= 0.3 is 5.97 Å². The summed E-state index contributed by atoms with van der Waals surface area (Å²) in [5.41, 5.74) is -0.134. The molecule has 3 atom stereocenters. The Kier molecular flexibility index (Phi) is 4.02. The molecular formula is C21H22ClN3O3. The molecule has 0 amide bonds. The van der Waals surface area contributed by atoms with Crippen molar-refractivity contribution in [2.45, 2.75) is 32.2 Å². The monoisotopic (exact) mass is 399 g/mol. The fraction of sp³-hybridized carbons (Fsp3) is 0.476. The number of rotatable bonds is 3. The van der Waals surface area contributed by atoms with E-state index in [9.17, 15) is 14.7 Å². The highest BCUT2D eigenvalue weighted by molar-refractivity contribution is 6.37.